The lowest BCUT2D eigenvalue weighted by atomic mass is 10.1. The largest absolute Gasteiger partial charge is 0.473 e. The maximum absolute atomic E-state index is 9.10. The molecule has 156 valence electrons. The first-order chi connectivity index (χ1) is 14.3. The first-order valence-corrected chi connectivity index (χ1v) is 9.09. The monoisotopic (exact) mass is 431 g/mol. The number of benzene rings is 2. The fourth-order valence-corrected chi connectivity index (χ4v) is 2.81. The van der Waals surface area contributed by atoms with Gasteiger partial charge in [-0.25, -0.2) is 14.6 Å². The highest BCUT2D eigenvalue weighted by molar-refractivity contribution is 6.30. The topological polar surface area (TPSA) is 123 Å². The van der Waals surface area contributed by atoms with Crippen molar-refractivity contribution >= 4 is 29.5 Å². The lowest BCUT2D eigenvalue weighted by Gasteiger charge is -2.09. The van der Waals surface area contributed by atoms with Crippen LogP contribution in [-0.2, 0) is 23.2 Å². The van der Waals surface area contributed by atoms with E-state index in [1.54, 1.807) is 0 Å². The molecule has 0 atom stereocenters. The molecule has 0 amide bonds. The molecule has 1 aromatic heterocycles. The van der Waals surface area contributed by atoms with Gasteiger partial charge in [0.25, 0.3) is 0 Å². The number of aliphatic carboxylic acids is 2. The van der Waals surface area contributed by atoms with Crippen LogP contribution in [0.1, 0.15) is 5.56 Å². The van der Waals surface area contributed by atoms with E-state index in [1.165, 1.54) is 0 Å². The normalized spacial score (nSPS) is 11.4. The van der Waals surface area contributed by atoms with Gasteiger partial charge >= 0.3 is 11.9 Å². The summed E-state index contributed by atoms with van der Waals surface area (Å²) in [4.78, 5) is 22.7. The molecule has 0 aliphatic carbocycles. The number of rotatable bonds is 4. The van der Waals surface area contributed by atoms with Crippen molar-refractivity contribution in [2.24, 2.45) is 7.05 Å². The molecular weight excluding hydrogens is 414 g/mol. The summed E-state index contributed by atoms with van der Waals surface area (Å²) in [5.41, 5.74) is 3.19. The molecule has 0 spiro atoms. The third-order valence-corrected chi connectivity index (χ3v) is 4.46. The maximum Gasteiger partial charge on any atom is 0.414 e. The third kappa shape index (κ3) is 5.00. The number of aromatic nitrogens is 2. The summed E-state index contributed by atoms with van der Waals surface area (Å²) >= 11 is 5.91. The van der Waals surface area contributed by atoms with E-state index in [0.29, 0.717) is 6.54 Å². The van der Waals surface area contributed by atoms with Gasteiger partial charge in [-0.1, -0.05) is 23.7 Å². The molecule has 4 rings (SSSR count). The van der Waals surface area contributed by atoms with Crippen LogP contribution in [-0.4, -0.2) is 38.5 Å². The van der Waals surface area contributed by atoms with Crippen LogP contribution in [0.4, 0.5) is 5.95 Å². The Kier molecular flexibility index (Phi) is 6.43. The molecule has 2 aromatic carbocycles. The van der Waals surface area contributed by atoms with Gasteiger partial charge < -0.3 is 29.6 Å². The highest BCUT2D eigenvalue weighted by Gasteiger charge is 2.16. The average molecular weight is 432 g/mol. The number of hydrogen-bond acceptors (Lipinski definition) is 6. The van der Waals surface area contributed by atoms with Gasteiger partial charge in [-0.2, -0.15) is 0 Å². The third-order valence-electron chi connectivity index (χ3n) is 4.20. The summed E-state index contributed by atoms with van der Waals surface area (Å²) in [5, 5.41) is 18.9. The number of nitrogens with one attached hydrogen (secondary N) is 1. The van der Waals surface area contributed by atoms with E-state index < -0.39 is 11.9 Å². The van der Waals surface area contributed by atoms with Gasteiger partial charge in [0.1, 0.15) is 0 Å². The SMILES string of the molecule is Cn1c(-c2ccc3c(c2)OCO3)cnc1NCc1ccc(Cl)cc1.O=C(O)C(=O)O. The number of nitrogens with zero attached hydrogens (tertiary/aromatic N) is 2. The van der Waals surface area contributed by atoms with Crippen LogP contribution >= 0.6 is 11.6 Å². The van der Waals surface area contributed by atoms with Crippen molar-refractivity contribution in [3.05, 3.63) is 59.2 Å². The highest BCUT2D eigenvalue weighted by Crippen LogP contribution is 2.36. The molecule has 3 N–H and O–H groups in total. The van der Waals surface area contributed by atoms with E-state index in [4.69, 9.17) is 40.9 Å². The number of halogens is 1. The van der Waals surface area contributed by atoms with Crippen LogP contribution in [0.3, 0.4) is 0 Å². The zero-order valence-electron chi connectivity index (χ0n) is 15.8. The molecular formula is C20H18ClN3O6. The summed E-state index contributed by atoms with van der Waals surface area (Å²) in [6.45, 7) is 0.959. The van der Waals surface area contributed by atoms with Crippen LogP contribution in [0, 0.1) is 0 Å². The minimum Gasteiger partial charge on any atom is -0.473 e. The van der Waals surface area contributed by atoms with Crippen molar-refractivity contribution in [1.29, 1.82) is 0 Å². The van der Waals surface area contributed by atoms with Crippen LogP contribution < -0.4 is 14.8 Å². The smallest absolute Gasteiger partial charge is 0.414 e. The predicted octanol–water partition coefficient (Wildman–Crippen LogP) is 3.24. The van der Waals surface area contributed by atoms with Crippen LogP contribution in [0.15, 0.2) is 48.7 Å². The number of hydrogen-bond donors (Lipinski definition) is 3. The van der Waals surface area contributed by atoms with Gasteiger partial charge in [0.15, 0.2) is 11.5 Å². The molecule has 0 bridgehead atoms. The number of carboxylic acid groups (broad SMARTS) is 2. The fraction of sp³-hybridized carbons (Fsp3) is 0.150. The molecule has 0 saturated carbocycles. The Bertz CT molecular complexity index is 1050. The molecule has 1 aliphatic rings. The second-order valence-corrected chi connectivity index (χ2v) is 6.62. The van der Waals surface area contributed by atoms with E-state index in [0.717, 1.165) is 39.3 Å². The molecule has 10 heteroatoms. The number of carbonyl (C=O) groups is 2. The van der Waals surface area contributed by atoms with E-state index in [1.807, 2.05) is 60.3 Å². The first-order valence-electron chi connectivity index (χ1n) is 8.71. The molecule has 0 fully saturated rings. The Hall–Kier alpha value is -3.72. The quantitative estimate of drug-likeness (QED) is 0.538. The lowest BCUT2D eigenvalue weighted by molar-refractivity contribution is -0.159. The zero-order chi connectivity index (χ0) is 21.7. The second-order valence-electron chi connectivity index (χ2n) is 6.18. The van der Waals surface area contributed by atoms with Crippen LogP contribution in [0.2, 0.25) is 5.02 Å². The molecule has 9 nitrogen and oxygen atoms in total. The fourth-order valence-electron chi connectivity index (χ4n) is 2.68. The lowest BCUT2D eigenvalue weighted by Crippen LogP contribution is -2.09. The van der Waals surface area contributed by atoms with Crippen molar-refractivity contribution < 1.29 is 29.3 Å². The van der Waals surface area contributed by atoms with Crippen molar-refractivity contribution in [2.45, 2.75) is 6.54 Å². The summed E-state index contributed by atoms with van der Waals surface area (Å²) in [6.07, 6.45) is 1.85. The Morgan fingerprint density at radius 1 is 1.10 bits per heavy atom. The van der Waals surface area contributed by atoms with Crippen molar-refractivity contribution in [3.8, 4) is 22.8 Å². The van der Waals surface area contributed by atoms with Gasteiger partial charge in [0, 0.05) is 24.2 Å². The summed E-state index contributed by atoms with van der Waals surface area (Å²) < 4.78 is 12.8. The highest BCUT2D eigenvalue weighted by atomic mass is 35.5. The maximum atomic E-state index is 9.10. The van der Waals surface area contributed by atoms with Gasteiger partial charge in [-0.3, -0.25) is 0 Å². The number of carboxylic acids is 2. The Balaban J connectivity index is 0.000000377. The van der Waals surface area contributed by atoms with Crippen LogP contribution in [0.25, 0.3) is 11.3 Å². The number of anilines is 1. The van der Waals surface area contributed by atoms with Crippen molar-refractivity contribution in [2.75, 3.05) is 12.1 Å². The number of imidazole rings is 1. The molecule has 0 saturated heterocycles. The van der Waals surface area contributed by atoms with Crippen molar-refractivity contribution in [3.63, 3.8) is 0 Å². The van der Waals surface area contributed by atoms with Gasteiger partial charge in [0.05, 0.1) is 11.9 Å². The molecule has 3 aromatic rings. The molecule has 0 radical (unpaired) electrons. The van der Waals surface area contributed by atoms with E-state index in [2.05, 4.69) is 10.3 Å². The summed E-state index contributed by atoms with van der Waals surface area (Å²) in [5.74, 6) is -1.30. The predicted molar refractivity (Wildman–Crippen MR) is 109 cm³/mol. The van der Waals surface area contributed by atoms with E-state index in [-0.39, 0.29) is 6.79 Å². The van der Waals surface area contributed by atoms with Gasteiger partial charge in [0.2, 0.25) is 12.7 Å². The van der Waals surface area contributed by atoms with Gasteiger partial charge in [-0.05, 0) is 35.9 Å². The van der Waals surface area contributed by atoms with Crippen LogP contribution in [0.5, 0.6) is 11.5 Å². The van der Waals surface area contributed by atoms with Gasteiger partial charge in [-0.15, -0.1) is 0 Å². The summed E-state index contributed by atoms with van der Waals surface area (Å²) in [6, 6.07) is 13.7. The number of ether oxygens (including phenoxy) is 2. The minimum atomic E-state index is -1.82. The Labute approximate surface area is 176 Å². The molecule has 0 unspecified atom stereocenters. The first kappa shape index (κ1) is 21.0. The van der Waals surface area contributed by atoms with Crippen molar-refractivity contribution in [1.82, 2.24) is 9.55 Å². The molecule has 2 heterocycles. The standard InChI is InChI=1S/C18H16ClN3O2.C2H2O4/c1-22-15(13-4-7-16-17(8-13)24-11-23-16)10-21-18(22)20-9-12-2-5-14(19)6-3-12;3-1(4)2(5)6/h2-8,10H,9,11H2,1H3,(H,20,21);(H,3,4)(H,5,6). The Morgan fingerprint density at radius 3 is 2.43 bits per heavy atom. The van der Waals surface area contributed by atoms with E-state index in [9.17, 15) is 0 Å². The Morgan fingerprint density at radius 2 is 1.77 bits per heavy atom. The second kappa shape index (κ2) is 9.19. The van der Waals surface area contributed by atoms with E-state index >= 15 is 0 Å². The minimum absolute atomic E-state index is 0.276. The summed E-state index contributed by atoms with van der Waals surface area (Å²) in [7, 11) is 1.98. The average Bonchev–Trinajstić information content (AvgIpc) is 3.34. The number of fused-ring (bicyclic) bond motifs is 1. The molecule has 30 heavy (non-hydrogen) atoms. The molecule has 1 aliphatic heterocycles. The zero-order valence-corrected chi connectivity index (χ0v) is 16.6.